The van der Waals surface area contributed by atoms with Crippen LogP contribution in [0.1, 0.15) is 32.3 Å². The molecule has 1 rings (SSSR count). The first-order valence-corrected chi connectivity index (χ1v) is 6.09. The molecule has 0 heterocycles. The largest absolute Gasteiger partial charge is 0.399 e. The number of unbranched alkanes of at least 4 members (excludes halogenated alkanes) is 1. The Labute approximate surface area is 104 Å². The van der Waals surface area contributed by atoms with Crippen molar-refractivity contribution in [1.29, 1.82) is 5.26 Å². The Morgan fingerprint density at radius 1 is 1.41 bits per heavy atom. The van der Waals surface area contributed by atoms with Crippen LogP contribution in [0.4, 0.5) is 5.69 Å². The van der Waals surface area contributed by atoms with Gasteiger partial charge in [-0.3, -0.25) is 4.90 Å². The van der Waals surface area contributed by atoms with Crippen LogP contribution in [0.15, 0.2) is 24.3 Å². The van der Waals surface area contributed by atoms with Crippen LogP contribution in [0, 0.1) is 11.3 Å². The highest BCUT2D eigenvalue weighted by molar-refractivity contribution is 5.40. The van der Waals surface area contributed by atoms with E-state index < -0.39 is 0 Å². The van der Waals surface area contributed by atoms with E-state index in [1.165, 1.54) is 5.56 Å². The minimum absolute atomic E-state index is 0.482. The minimum Gasteiger partial charge on any atom is -0.399 e. The van der Waals surface area contributed by atoms with E-state index in [-0.39, 0.29) is 0 Å². The molecule has 0 fully saturated rings. The van der Waals surface area contributed by atoms with Crippen molar-refractivity contribution < 1.29 is 0 Å². The van der Waals surface area contributed by atoms with Gasteiger partial charge in [-0.25, -0.2) is 0 Å². The van der Waals surface area contributed by atoms with Crippen LogP contribution in [0.25, 0.3) is 0 Å². The minimum atomic E-state index is 0.482. The zero-order valence-corrected chi connectivity index (χ0v) is 10.7. The summed E-state index contributed by atoms with van der Waals surface area (Å²) in [6.45, 7) is 6.21. The number of nitrogens with two attached hydrogens (primary N) is 1. The van der Waals surface area contributed by atoms with Gasteiger partial charge in [-0.05, 0) is 44.5 Å². The molecular formula is C14H21N3. The standard InChI is InChI=1S/C14H21N3/c1-12(2)17(9-4-3-8-15)11-13-6-5-7-14(16)10-13/h5-7,10,12H,3-4,9,11,16H2,1-2H3. The number of nitrogen functional groups attached to an aromatic ring is 1. The molecule has 0 spiro atoms. The SMILES string of the molecule is CC(C)N(CCCC#N)Cc1cccc(N)c1. The summed E-state index contributed by atoms with van der Waals surface area (Å²) >= 11 is 0. The molecule has 0 bridgehead atoms. The first kappa shape index (κ1) is 13.5. The van der Waals surface area contributed by atoms with Gasteiger partial charge in [-0.1, -0.05) is 12.1 Å². The van der Waals surface area contributed by atoms with Gasteiger partial charge in [0.2, 0.25) is 0 Å². The predicted octanol–water partition coefficient (Wildman–Crippen LogP) is 2.78. The summed E-state index contributed by atoms with van der Waals surface area (Å²) in [5.41, 5.74) is 7.81. The number of hydrogen-bond acceptors (Lipinski definition) is 3. The maximum atomic E-state index is 8.56. The zero-order valence-electron chi connectivity index (χ0n) is 10.7. The molecule has 1 aromatic rings. The van der Waals surface area contributed by atoms with E-state index in [0.29, 0.717) is 12.5 Å². The van der Waals surface area contributed by atoms with E-state index in [1.807, 2.05) is 18.2 Å². The lowest BCUT2D eigenvalue weighted by molar-refractivity contribution is 0.211. The van der Waals surface area contributed by atoms with Gasteiger partial charge < -0.3 is 5.73 Å². The summed E-state index contributed by atoms with van der Waals surface area (Å²) in [6.07, 6.45) is 1.55. The van der Waals surface area contributed by atoms with Gasteiger partial charge in [-0.2, -0.15) is 5.26 Å². The van der Waals surface area contributed by atoms with Gasteiger partial charge in [0, 0.05) is 24.7 Å². The molecule has 0 amide bonds. The molecule has 0 radical (unpaired) electrons. The normalized spacial score (nSPS) is 10.8. The van der Waals surface area contributed by atoms with E-state index in [0.717, 1.165) is 25.2 Å². The molecule has 1 aromatic carbocycles. The molecule has 0 aliphatic rings. The Kier molecular flexibility index (Phi) is 5.51. The molecule has 0 atom stereocenters. The summed E-state index contributed by atoms with van der Waals surface area (Å²) in [4.78, 5) is 2.37. The molecule has 3 nitrogen and oxygen atoms in total. The second kappa shape index (κ2) is 6.93. The van der Waals surface area contributed by atoms with Crippen molar-refractivity contribution in [3.63, 3.8) is 0 Å². The third-order valence-electron chi connectivity index (χ3n) is 2.80. The number of benzene rings is 1. The maximum Gasteiger partial charge on any atom is 0.0622 e. The van der Waals surface area contributed by atoms with Crippen molar-refractivity contribution in [3.05, 3.63) is 29.8 Å². The molecule has 0 aliphatic heterocycles. The van der Waals surface area contributed by atoms with Gasteiger partial charge in [0.25, 0.3) is 0 Å². The Morgan fingerprint density at radius 2 is 2.18 bits per heavy atom. The predicted molar refractivity (Wildman–Crippen MR) is 71.2 cm³/mol. The van der Waals surface area contributed by atoms with E-state index >= 15 is 0 Å². The van der Waals surface area contributed by atoms with Gasteiger partial charge in [0.1, 0.15) is 0 Å². The summed E-state index contributed by atoms with van der Waals surface area (Å²) in [7, 11) is 0. The number of hydrogen-bond donors (Lipinski definition) is 1. The second-order valence-electron chi connectivity index (χ2n) is 4.57. The average Bonchev–Trinajstić information content (AvgIpc) is 2.28. The summed E-state index contributed by atoms with van der Waals surface area (Å²) in [5, 5.41) is 8.56. The topological polar surface area (TPSA) is 53.0 Å². The molecular weight excluding hydrogens is 210 g/mol. The quantitative estimate of drug-likeness (QED) is 0.605. The number of anilines is 1. The van der Waals surface area contributed by atoms with Gasteiger partial charge in [-0.15, -0.1) is 0 Å². The molecule has 0 aliphatic carbocycles. The molecule has 2 N–H and O–H groups in total. The highest BCUT2D eigenvalue weighted by atomic mass is 15.1. The maximum absolute atomic E-state index is 8.56. The van der Waals surface area contributed by atoms with E-state index in [9.17, 15) is 0 Å². The fraction of sp³-hybridized carbons (Fsp3) is 0.500. The summed E-state index contributed by atoms with van der Waals surface area (Å²) < 4.78 is 0. The third kappa shape index (κ3) is 4.88. The molecule has 0 unspecified atom stereocenters. The fourth-order valence-electron chi connectivity index (χ4n) is 1.81. The van der Waals surface area contributed by atoms with Crippen molar-refractivity contribution in [2.75, 3.05) is 12.3 Å². The van der Waals surface area contributed by atoms with Gasteiger partial charge >= 0.3 is 0 Å². The molecule has 0 saturated carbocycles. The van der Waals surface area contributed by atoms with E-state index in [1.54, 1.807) is 0 Å². The Balaban J connectivity index is 2.57. The van der Waals surface area contributed by atoms with Crippen molar-refractivity contribution >= 4 is 5.69 Å². The smallest absolute Gasteiger partial charge is 0.0622 e. The fourth-order valence-corrected chi connectivity index (χ4v) is 1.81. The van der Waals surface area contributed by atoms with Crippen LogP contribution in [-0.4, -0.2) is 17.5 Å². The first-order chi connectivity index (χ1) is 8.13. The lowest BCUT2D eigenvalue weighted by Gasteiger charge is -2.26. The van der Waals surface area contributed by atoms with Crippen LogP contribution in [0.2, 0.25) is 0 Å². The van der Waals surface area contributed by atoms with Gasteiger partial charge in [0.05, 0.1) is 6.07 Å². The Hall–Kier alpha value is -1.53. The Bertz CT molecular complexity index is 379. The number of nitrogens with zero attached hydrogens (tertiary/aromatic N) is 2. The van der Waals surface area contributed by atoms with Crippen molar-refractivity contribution in [2.45, 2.75) is 39.3 Å². The first-order valence-electron chi connectivity index (χ1n) is 6.09. The molecule has 92 valence electrons. The monoisotopic (exact) mass is 231 g/mol. The molecule has 0 aromatic heterocycles. The lowest BCUT2D eigenvalue weighted by atomic mass is 10.1. The number of nitriles is 1. The van der Waals surface area contributed by atoms with Crippen LogP contribution < -0.4 is 5.73 Å². The van der Waals surface area contributed by atoms with Crippen LogP contribution in [0.5, 0.6) is 0 Å². The highest BCUT2D eigenvalue weighted by Crippen LogP contribution is 2.12. The van der Waals surface area contributed by atoms with Crippen molar-refractivity contribution in [1.82, 2.24) is 4.90 Å². The molecule has 17 heavy (non-hydrogen) atoms. The van der Waals surface area contributed by atoms with Crippen LogP contribution in [-0.2, 0) is 6.54 Å². The molecule has 0 saturated heterocycles. The highest BCUT2D eigenvalue weighted by Gasteiger charge is 2.09. The van der Waals surface area contributed by atoms with E-state index in [4.69, 9.17) is 11.0 Å². The zero-order chi connectivity index (χ0) is 12.7. The van der Waals surface area contributed by atoms with Crippen LogP contribution >= 0.6 is 0 Å². The van der Waals surface area contributed by atoms with Crippen molar-refractivity contribution in [2.24, 2.45) is 0 Å². The third-order valence-corrected chi connectivity index (χ3v) is 2.80. The van der Waals surface area contributed by atoms with Gasteiger partial charge in [0.15, 0.2) is 0 Å². The second-order valence-corrected chi connectivity index (χ2v) is 4.57. The molecule has 3 heteroatoms. The summed E-state index contributed by atoms with van der Waals surface area (Å²) in [6, 6.07) is 10.7. The Morgan fingerprint density at radius 3 is 2.76 bits per heavy atom. The number of rotatable bonds is 6. The summed E-state index contributed by atoms with van der Waals surface area (Å²) in [5.74, 6) is 0. The lowest BCUT2D eigenvalue weighted by Crippen LogP contribution is -2.31. The van der Waals surface area contributed by atoms with Crippen LogP contribution in [0.3, 0.4) is 0 Å². The average molecular weight is 231 g/mol. The van der Waals surface area contributed by atoms with Crippen molar-refractivity contribution in [3.8, 4) is 6.07 Å². The van der Waals surface area contributed by atoms with E-state index in [2.05, 4.69) is 30.9 Å².